The van der Waals surface area contributed by atoms with Crippen molar-refractivity contribution < 1.29 is 4.79 Å². The number of nitrogens with zero attached hydrogens (tertiary/aromatic N) is 1. The van der Waals surface area contributed by atoms with Gasteiger partial charge in [0, 0.05) is 17.6 Å². The Hall–Kier alpha value is -1.02. The van der Waals surface area contributed by atoms with E-state index >= 15 is 0 Å². The maximum atomic E-state index is 12.9. The Labute approximate surface area is 119 Å². The molecule has 3 heteroatoms. The first-order valence-corrected chi connectivity index (χ1v) is 7.58. The van der Waals surface area contributed by atoms with Crippen molar-refractivity contribution in [3.05, 3.63) is 34.9 Å². The fraction of sp³-hybridized carbons (Fsp3) is 0.562. The molecule has 1 aliphatic carbocycles. The van der Waals surface area contributed by atoms with E-state index in [0.29, 0.717) is 11.9 Å². The zero-order chi connectivity index (χ0) is 13.5. The first kappa shape index (κ1) is 13.0. The highest BCUT2D eigenvalue weighted by Gasteiger charge is 2.53. The third-order valence-electron chi connectivity index (χ3n) is 4.62. The Morgan fingerprint density at radius 1 is 1.26 bits per heavy atom. The maximum absolute atomic E-state index is 12.9. The molecule has 1 atom stereocenters. The van der Waals surface area contributed by atoms with Crippen molar-refractivity contribution in [2.45, 2.75) is 50.5 Å². The molecule has 1 amide bonds. The number of rotatable bonds is 2. The van der Waals surface area contributed by atoms with E-state index in [9.17, 15) is 4.79 Å². The van der Waals surface area contributed by atoms with Crippen LogP contribution in [0.1, 0.15) is 44.6 Å². The minimum absolute atomic E-state index is 0.240. The number of hydrogen-bond donors (Lipinski definition) is 0. The summed E-state index contributed by atoms with van der Waals surface area (Å²) in [5.74, 6) is 0.335. The number of likely N-dealkylation sites (tertiary alicyclic amines) is 1. The number of carbonyl (C=O) groups is 1. The average Bonchev–Trinajstić information content (AvgIpc) is 3.21. The van der Waals surface area contributed by atoms with Crippen LogP contribution in [0.4, 0.5) is 0 Å². The van der Waals surface area contributed by atoms with Gasteiger partial charge in [0.2, 0.25) is 5.91 Å². The summed E-state index contributed by atoms with van der Waals surface area (Å²) in [4.78, 5) is 15.0. The van der Waals surface area contributed by atoms with Crippen LogP contribution in [0.3, 0.4) is 0 Å². The molecule has 1 aliphatic heterocycles. The molecule has 3 rings (SSSR count). The summed E-state index contributed by atoms with van der Waals surface area (Å²) in [6.45, 7) is 3.10. The predicted molar refractivity (Wildman–Crippen MR) is 77.4 cm³/mol. The van der Waals surface area contributed by atoms with Crippen molar-refractivity contribution in [1.82, 2.24) is 4.90 Å². The molecule has 2 aliphatic rings. The van der Waals surface area contributed by atoms with E-state index in [1.54, 1.807) is 0 Å². The largest absolute Gasteiger partial charge is 0.339 e. The van der Waals surface area contributed by atoms with Gasteiger partial charge in [0.1, 0.15) is 0 Å². The maximum Gasteiger partial charge on any atom is 0.233 e. The topological polar surface area (TPSA) is 20.3 Å². The van der Waals surface area contributed by atoms with Crippen molar-refractivity contribution in [2.75, 3.05) is 6.54 Å². The smallest absolute Gasteiger partial charge is 0.233 e. The standard InChI is InChI=1S/C16H20ClNO/c1-12-4-2-3-11-18(12)15(19)16(9-10-16)13-5-7-14(17)8-6-13/h5-8,12H,2-4,9-11H2,1H3. The second-order valence-electron chi connectivity index (χ2n) is 5.93. The molecule has 0 radical (unpaired) electrons. The van der Waals surface area contributed by atoms with E-state index in [-0.39, 0.29) is 5.41 Å². The lowest BCUT2D eigenvalue weighted by Crippen LogP contribution is -2.47. The number of amides is 1. The first-order valence-electron chi connectivity index (χ1n) is 7.21. The van der Waals surface area contributed by atoms with Crippen molar-refractivity contribution >= 4 is 17.5 Å². The second-order valence-corrected chi connectivity index (χ2v) is 6.37. The van der Waals surface area contributed by atoms with Gasteiger partial charge in [-0.05, 0) is 56.7 Å². The quantitative estimate of drug-likeness (QED) is 0.806. The lowest BCUT2D eigenvalue weighted by molar-refractivity contribution is -0.137. The van der Waals surface area contributed by atoms with Crippen molar-refractivity contribution in [1.29, 1.82) is 0 Å². The van der Waals surface area contributed by atoms with E-state index in [1.165, 1.54) is 6.42 Å². The van der Waals surface area contributed by atoms with E-state index in [0.717, 1.165) is 42.8 Å². The third-order valence-corrected chi connectivity index (χ3v) is 4.87. The molecule has 0 spiro atoms. The van der Waals surface area contributed by atoms with Gasteiger partial charge >= 0.3 is 0 Å². The fourth-order valence-electron chi connectivity index (χ4n) is 3.19. The Morgan fingerprint density at radius 3 is 2.53 bits per heavy atom. The monoisotopic (exact) mass is 277 g/mol. The zero-order valence-corrected chi connectivity index (χ0v) is 12.1. The normalized spacial score (nSPS) is 25.2. The van der Waals surface area contributed by atoms with Gasteiger partial charge in [0.15, 0.2) is 0 Å². The van der Waals surface area contributed by atoms with Gasteiger partial charge in [0.25, 0.3) is 0 Å². The summed E-state index contributed by atoms with van der Waals surface area (Å²) in [6, 6.07) is 8.21. The summed E-state index contributed by atoms with van der Waals surface area (Å²) in [5.41, 5.74) is 0.899. The third kappa shape index (κ3) is 2.27. The number of benzene rings is 1. The molecule has 0 N–H and O–H groups in total. The van der Waals surface area contributed by atoms with Gasteiger partial charge in [-0.15, -0.1) is 0 Å². The van der Waals surface area contributed by atoms with Crippen LogP contribution >= 0.6 is 11.6 Å². The van der Waals surface area contributed by atoms with Gasteiger partial charge in [0.05, 0.1) is 5.41 Å². The van der Waals surface area contributed by atoms with Gasteiger partial charge in [-0.3, -0.25) is 4.79 Å². The Balaban J connectivity index is 1.84. The van der Waals surface area contributed by atoms with Crippen LogP contribution in [0.2, 0.25) is 5.02 Å². The molecule has 1 aromatic carbocycles. The van der Waals surface area contributed by atoms with E-state index in [2.05, 4.69) is 11.8 Å². The van der Waals surface area contributed by atoms with Crippen molar-refractivity contribution in [2.24, 2.45) is 0 Å². The summed E-state index contributed by atoms with van der Waals surface area (Å²) < 4.78 is 0. The molecular formula is C16H20ClNO. The summed E-state index contributed by atoms with van der Waals surface area (Å²) in [6.07, 6.45) is 5.50. The highest BCUT2D eigenvalue weighted by atomic mass is 35.5. The first-order chi connectivity index (χ1) is 9.13. The SMILES string of the molecule is CC1CCCCN1C(=O)C1(c2ccc(Cl)cc2)CC1. The number of hydrogen-bond acceptors (Lipinski definition) is 1. The molecule has 2 fully saturated rings. The molecule has 1 heterocycles. The molecule has 1 unspecified atom stereocenters. The minimum Gasteiger partial charge on any atom is -0.339 e. The molecular weight excluding hydrogens is 258 g/mol. The molecule has 102 valence electrons. The van der Waals surface area contributed by atoms with Gasteiger partial charge < -0.3 is 4.90 Å². The molecule has 1 saturated heterocycles. The predicted octanol–water partition coefficient (Wildman–Crippen LogP) is 3.77. The van der Waals surface area contributed by atoms with Gasteiger partial charge in [-0.25, -0.2) is 0 Å². The Morgan fingerprint density at radius 2 is 1.95 bits per heavy atom. The minimum atomic E-state index is -0.240. The van der Waals surface area contributed by atoms with Crippen LogP contribution in [0, 0.1) is 0 Å². The van der Waals surface area contributed by atoms with Gasteiger partial charge in [-0.1, -0.05) is 23.7 Å². The molecule has 1 saturated carbocycles. The Bertz CT molecular complexity index is 478. The lowest BCUT2D eigenvalue weighted by atomic mass is 9.92. The average molecular weight is 278 g/mol. The van der Waals surface area contributed by atoms with E-state index < -0.39 is 0 Å². The fourth-order valence-corrected chi connectivity index (χ4v) is 3.32. The molecule has 1 aromatic rings. The Kier molecular flexibility index (Phi) is 3.30. The molecule has 0 aromatic heterocycles. The summed E-state index contributed by atoms with van der Waals surface area (Å²) in [5, 5.41) is 0.735. The van der Waals surface area contributed by atoms with E-state index in [4.69, 9.17) is 11.6 Å². The van der Waals surface area contributed by atoms with Gasteiger partial charge in [-0.2, -0.15) is 0 Å². The zero-order valence-electron chi connectivity index (χ0n) is 11.4. The number of piperidine rings is 1. The highest BCUT2D eigenvalue weighted by molar-refractivity contribution is 6.30. The summed E-state index contributed by atoms with van der Waals surface area (Å²) in [7, 11) is 0. The van der Waals surface area contributed by atoms with Crippen LogP contribution in [-0.4, -0.2) is 23.4 Å². The van der Waals surface area contributed by atoms with E-state index in [1.807, 2.05) is 24.3 Å². The van der Waals surface area contributed by atoms with Crippen molar-refractivity contribution in [3.63, 3.8) is 0 Å². The molecule has 0 bridgehead atoms. The number of carbonyl (C=O) groups excluding carboxylic acids is 1. The molecule has 2 nitrogen and oxygen atoms in total. The van der Waals surface area contributed by atoms with Crippen LogP contribution < -0.4 is 0 Å². The van der Waals surface area contributed by atoms with Crippen molar-refractivity contribution in [3.8, 4) is 0 Å². The lowest BCUT2D eigenvalue weighted by Gasteiger charge is -2.36. The highest BCUT2D eigenvalue weighted by Crippen LogP contribution is 2.50. The van der Waals surface area contributed by atoms with Crippen LogP contribution in [-0.2, 0) is 10.2 Å². The second kappa shape index (κ2) is 4.82. The summed E-state index contributed by atoms with van der Waals surface area (Å²) >= 11 is 5.94. The van der Waals surface area contributed by atoms with Crippen LogP contribution in [0.25, 0.3) is 0 Å². The van der Waals surface area contributed by atoms with Crippen LogP contribution in [0.5, 0.6) is 0 Å². The molecule has 19 heavy (non-hydrogen) atoms. The van der Waals surface area contributed by atoms with Crippen LogP contribution in [0.15, 0.2) is 24.3 Å². The number of halogens is 1.